The van der Waals surface area contributed by atoms with Gasteiger partial charge >= 0.3 is 0 Å². The molecule has 0 saturated carbocycles. The molecule has 0 aliphatic carbocycles. The number of hydrogen-bond donors (Lipinski definition) is 1. The van der Waals surface area contributed by atoms with Gasteiger partial charge in [0.25, 0.3) is 5.69 Å². The first-order valence-electron chi connectivity index (χ1n) is 2.80. The Balaban J connectivity index is 0.00000121. The minimum absolute atomic E-state index is 0. The molecule has 0 fully saturated rings. The summed E-state index contributed by atoms with van der Waals surface area (Å²) in [6.07, 6.45) is 0. The fourth-order valence-electron chi connectivity index (χ4n) is 0.685. The molecule has 0 saturated heterocycles. The van der Waals surface area contributed by atoms with Crippen LogP contribution in [-0.4, -0.2) is 9.48 Å². The summed E-state index contributed by atoms with van der Waals surface area (Å²) < 4.78 is 8.58. The van der Waals surface area contributed by atoms with E-state index in [2.05, 4.69) is 0 Å². The van der Waals surface area contributed by atoms with Crippen molar-refractivity contribution >= 4 is 30.1 Å². The third kappa shape index (κ3) is 2.37. The van der Waals surface area contributed by atoms with Gasteiger partial charge in [-0.15, -0.1) is 12.4 Å². The lowest BCUT2D eigenvalue weighted by Gasteiger charge is -1.94. The molecule has 0 spiro atoms. The largest absolute Gasteiger partial charge is 0.325 e. The summed E-state index contributed by atoms with van der Waals surface area (Å²) in [5, 5.41) is 10.3. The number of nitro benzene ring substituents is 1. The highest BCUT2D eigenvalue weighted by molar-refractivity contribution is 7.93. The van der Waals surface area contributed by atoms with Crippen LogP contribution in [0.15, 0.2) is 29.2 Å². The van der Waals surface area contributed by atoms with Gasteiger partial charge in [0, 0.05) is 18.1 Å². The van der Waals surface area contributed by atoms with Gasteiger partial charge in [0.2, 0.25) is 0 Å². The van der Waals surface area contributed by atoms with E-state index in [4.69, 9.17) is 4.55 Å². The molecule has 1 rings (SSSR count). The Bertz CT molecular complexity index is 281. The average Bonchev–Trinajstić information content (AvgIpc) is 2.04. The minimum Gasteiger partial charge on any atom is -0.325 e. The molecule has 6 heteroatoms. The normalized spacial score (nSPS) is 8.75. The van der Waals surface area contributed by atoms with Crippen LogP contribution in [0.5, 0.6) is 0 Å². The second kappa shape index (κ2) is 4.97. The monoisotopic (exact) mass is 207 g/mol. The predicted octanol–water partition coefficient (Wildman–Crippen LogP) is 2.58. The van der Waals surface area contributed by atoms with Gasteiger partial charge in [-0.25, -0.2) is 0 Å². The van der Waals surface area contributed by atoms with E-state index in [-0.39, 0.29) is 23.0 Å². The fraction of sp³-hybridized carbons (Fsp3) is 0. The summed E-state index contributed by atoms with van der Waals surface area (Å²) in [4.78, 5) is 9.99. The maximum Gasteiger partial charge on any atom is 0.285 e. The van der Waals surface area contributed by atoms with E-state index in [1.54, 1.807) is 12.1 Å². The van der Waals surface area contributed by atoms with Crippen LogP contribution in [0.2, 0.25) is 0 Å². The van der Waals surface area contributed by atoms with Crippen LogP contribution < -0.4 is 0 Å². The number of para-hydroxylation sites is 1. The molecule has 0 amide bonds. The van der Waals surface area contributed by atoms with E-state index in [1.165, 1.54) is 12.1 Å². The molecule has 66 valence electrons. The molecule has 4 nitrogen and oxygen atoms in total. The molecule has 0 unspecified atom stereocenters. The second-order valence-electron chi connectivity index (χ2n) is 1.82. The first-order chi connectivity index (χ1) is 5.25. The maximum atomic E-state index is 10.3. The lowest BCUT2D eigenvalue weighted by Crippen LogP contribution is -1.89. The fourth-order valence-corrected chi connectivity index (χ4v) is 1.06. The van der Waals surface area contributed by atoms with Crippen LogP contribution in [-0.2, 0) is 0 Å². The van der Waals surface area contributed by atoms with Crippen LogP contribution in [0.4, 0.5) is 5.69 Å². The van der Waals surface area contributed by atoms with Crippen LogP contribution in [0, 0.1) is 10.1 Å². The molecule has 0 atom stereocenters. The van der Waals surface area contributed by atoms with Gasteiger partial charge in [0.15, 0.2) is 0 Å². The number of rotatable bonds is 2. The van der Waals surface area contributed by atoms with Crippen molar-refractivity contribution in [3.8, 4) is 0 Å². The summed E-state index contributed by atoms with van der Waals surface area (Å²) in [5.74, 6) is 0. The Morgan fingerprint density at radius 3 is 2.42 bits per heavy atom. The summed E-state index contributed by atoms with van der Waals surface area (Å²) >= 11 is 0.382. The van der Waals surface area contributed by atoms with E-state index < -0.39 is 4.92 Å². The lowest BCUT2D eigenvalue weighted by atomic mass is 10.3. The number of halogens is 1. The Hall–Kier alpha value is -0.780. The van der Waals surface area contributed by atoms with E-state index in [1.807, 2.05) is 0 Å². The zero-order chi connectivity index (χ0) is 8.27. The lowest BCUT2D eigenvalue weighted by molar-refractivity contribution is -0.387. The minimum atomic E-state index is -0.529. The van der Waals surface area contributed by atoms with E-state index in [0.29, 0.717) is 12.0 Å². The molecule has 0 bridgehead atoms. The molecular weight excluding hydrogens is 202 g/mol. The first-order valence-corrected chi connectivity index (χ1v) is 3.58. The Labute approximate surface area is 79.4 Å². The van der Waals surface area contributed by atoms with Crippen LogP contribution in [0.25, 0.3) is 0 Å². The number of nitro groups is 1. The van der Waals surface area contributed by atoms with E-state index in [9.17, 15) is 10.1 Å². The highest BCUT2D eigenvalue weighted by Gasteiger charge is 2.11. The van der Waals surface area contributed by atoms with Gasteiger partial charge in [-0.1, -0.05) is 12.1 Å². The number of nitrogens with zero attached hydrogens (tertiary/aromatic N) is 1. The highest BCUT2D eigenvalue weighted by Crippen LogP contribution is 2.25. The highest BCUT2D eigenvalue weighted by atomic mass is 35.5. The van der Waals surface area contributed by atoms with Crippen molar-refractivity contribution in [3.63, 3.8) is 0 Å². The smallest absolute Gasteiger partial charge is 0.285 e. The van der Waals surface area contributed by atoms with Crippen molar-refractivity contribution in [2.45, 2.75) is 4.90 Å². The summed E-state index contributed by atoms with van der Waals surface area (Å²) in [5.41, 5.74) is -0.0694. The Morgan fingerprint density at radius 2 is 2.00 bits per heavy atom. The molecule has 1 aromatic rings. The molecule has 12 heavy (non-hydrogen) atoms. The van der Waals surface area contributed by atoms with Crippen molar-refractivity contribution in [3.05, 3.63) is 34.4 Å². The molecular formula is C6H6ClNO3S. The quantitative estimate of drug-likeness (QED) is 0.460. The van der Waals surface area contributed by atoms with Gasteiger partial charge in [-0.3, -0.25) is 10.1 Å². The molecule has 0 aromatic heterocycles. The van der Waals surface area contributed by atoms with E-state index in [0.717, 1.165) is 0 Å². The van der Waals surface area contributed by atoms with E-state index >= 15 is 0 Å². The number of hydrogen-bond acceptors (Lipinski definition) is 4. The van der Waals surface area contributed by atoms with Gasteiger partial charge in [0.1, 0.15) is 4.90 Å². The van der Waals surface area contributed by atoms with Gasteiger partial charge in [-0.2, -0.15) is 0 Å². The second-order valence-corrected chi connectivity index (χ2v) is 2.44. The summed E-state index contributed by atoms with van der Waals surface area (Å²) in [6, 6.07) is 6.02. The Morgan fingerprint density at radius 1 is 1.42 bits per heavy atom. The van der Waals surface area contributed by atoms with Crippen molar-refractivity contribution in [1.82, 2.24) is 0 Å². The molecule has 0 aliphatic rings. The van der Waals surface area contributed by atoms with Crippen LogP contribution >= 0.6 is 24.4 Å². The molecule has 1 N–H and O–H groups in total. The van der Waals surface area contributed by atoms with Crippen molar-refractivity contribution < 1.29 is 9.48 Å². The van der Waals surface area contributed by atoms with Gasteiger partial charge < -0.3 is 4.55 Å². The standard InChI is InChI=1S/C6H5NO3S.ClH/c8-7(9)5-3-1-2-4-6(5)11-10;/h1-4,10H;1H. The van der Waals surface area contributed by atoms with Crippen molar-refractivity contribution in [2.24, 2.45) is 0 Å². The van der Waals surface area contributed by atoms with Crippen LogP contribution in [0.3, 0.4) is 0 Å². The predicted molar refractivity (Wildman–Crippen MR) is 48.8 cm³/mol. The van der Waals surface area contributed by atoms with Crippen molar-refractivity contribution in [1.29, 1.82) is 0 Å². The zero-order valence-corrected chi connectivity index (χ0v) is 7.47. The zero-order valence-electron chi connectivity index (χ0n) is 5.84. The van der Waals surface area contributed by atoms with Crippen LogP contribution in [0.1, 0.15) is 0 Å². The first kappa shape index (κ1) is 11.2. The summed E-state index contributed by atoms with van der Waals surface area (Å²) in [6.45, 7) is 0. The molecule has 0 heterocycles. The van der Waals surface area contributed by atoms with Gasteiger partial charge in [0.05, 0.1) is 4.92 Å². The third-order valence-corrected chi connectivity index (χ3v) is 1.70. The molecule has 0 radical (unpaired) electrons. The average molecular weight is 208 g/mol. The summed E-state index contributed by atoms with van der Waals surface area (Å²) in [7, 11) is 0. The van der Waals surface area contributed by atoms with Crippen molar-refractivity contribution in [2.75, 3.05) is 0 Å². The Kier molecular flexibility index (Phi) is 4.65. The SMILES string of the molecule is Cl.O=[N+]([O-])c1ccccc1SO. The number of benzene rings is 1. The molecule has 1 aromatic carbocycles. The van der Waals surface area contributed by atoms with Gasteiger partial charge in [-0.05, 0) is 6.07 Å². The third-order valence-electron chi connectivity index (χ3n) is 1.16. The topological polar surface area (TPSA) is 63.4 Å². The maximum absolute atomic E-state index is 10.3. The molecule has 0 aliphatic heterocycles.